The maximum atomic E-state index is 13.0. The standard InChI is InChI=1S/C14H17BrF3NO/c1-13(2)8-10(5-6-20-13)19-12-4-3-9(15)7-11(12)14(16,17)18/h3-4,7,10,19H,5-6,8H2,1-2H3. The predicted octanol–water partition coefficient (Wildman–Crippen LogP) is 4.84. The number of hydrogen-bond donors (Lipinski definition) is 1. The van der Waals surface area contributed by atoms with Gasteiger partial charge in [0.05, 0.1) is 11.2 Å². The average Bonchev–Trinajstić information content (AvgIpc) is 2.29. The molecule has 20 heavy (non-hydrogen) atoms. The van der Waals surface area contributed by atoms with Crippen molar-refractivity contribution in [2.24, 2.45) is 0 Å². The summed E-state index contributed by atoms with van der Waals surface area (Å²) in [6.45, 7) is 4.46. The Balaban J connectivity index is 2.21. The van der Waals surface area contributed by atoms with E-state index in [0.717, 1.165) is 6.07 Å². The van der Waals surface area contributed by atoms with Crippen LogP contribution in [0.2, 0.25) is 0 Å². The van der Waals surface area contributed by atoms with Gasteiger partial charge in [-0.3, -0.25) is 0 Å². The van der Waals surface area contributed by atoms with E-state index < -0.39 is 11.7 Å². The highest BCUT2D eigenvalue weighted by molar-refractivity contribution is 9.10. The van der Waals surface area contributed by atoms with Crippen molar-refractivity contribution in [3.05, 3.63) is 28.2 Å². The first-order chi connectivity index (χ1) is 9.17. The van der Waals surface area contributed by atoms with Crippen LogP contribution in [-0.2, 0) is 10.9 Å². The summed E-state index contributed by atoms with van der Waals surface area (Å²) in [7, 11) is 0. The highest BCUT2D eigenvalue weighted by Crippen LogP contribution is 2.38. The zero-order valence-corrected chi connectivity index (χ0v) is 12.9. The minimum absolute atomic E-state index is 0.0129. The van der Waals surface area contributed by atoms with Gasteiger partial charge in [0.1, 0.15) is 0 Å². The number of benzene rings is 1. The third kappa shape index (κ3) is 3.88. The van der Waals surface area contributed by atoms with Gasteiger partial charge in [0.2, 0.25) is 0 Å². The number of rotatable bonds is 2. The molecule has 0 spiro atoms. The average molecular weight is 352 g/mol. The first kappa shape index (κ1) is 15.6. The number of hydrogen-bond acceptors (Lipinski definition) is 2. The molecular weight excluding hydrogens is 335 g/mol. The highest BCUT2D eigenvalue weighted by Gasteiger charge is 2.35. The molecule has 112 valence electrons. The van der Waals surface area contributed by atoms with E-state index in [9.17, 15) is 13.2 Å². The molecule has 0 aliphatic carbocycles. The Bertz CT molecular complexity index is 488. The maximum Gasteiger partial charge on any atom is 0.418 e. The summed E-state index contributed by atoms with van der Waals surface area (Å²) in [6, 6.07) is 4.17. The number of ether oxygens (including phenoxy) is 1. The van der Waals surface area contributed by atoms with E-state index in [2.05, 4.69) is 21.2 Å². The van der Waals surface area contributed by atoms with Crippen molar-refractivity contribution in [2.45, 2.75) is 44.5 Å². The van der Waals surface area contributed by atoms with Crippen molar-refractivity contribution >= 4 is 21.6 Å². The van der Waals surface area contributed by atoms with Crippen LogP contribution in [0.25, 0.3) is 0 Å². The van der Waals surface area contributed by atoms with Crippen LogP contribution < -0.4 is 5.32 Å². The van der Waals surface area contributed by atoms with Crippen LogP contribution in [0, 0.1) is 0 Å². The molecule has 1 fully saturated rings. The van der Waals surface area contributed by atoms with Crippen molar-refractivity contribution in [1.82, 2.24) is 0 Å². The lowest BCUT2D eigenvalue weighted by atomic mass is 9.93. The predicted molar refractivity (Wildman–Crippen MR) is 75.8 cm³/mol. The van der Waals surface area contributed by atoms with Gasteiger partial charge < -0.3 is 10.1 Å². The van der Waals surface area contributed by atoms with Crippen LogP contribution in [0.1, 0.15) is 32.3 Å². The first-order valence-corrected chi connectivity index (χ1v) is 7.24. The molecule has 1 N–H and O–H groups in total. The molecule has 1 unspecified atom stereocenters. The van der Waals surface area contributed by atoms with Gasteiger partial charge in [-0.2, -0.15) is 13.2 Å². The largest absolute Gasteiger partial charge is 0.418 e. The fourth-order valence-electron chi connectivity index (χ4n) is 2.45. The highest BCUT2D eigenvalue weighted by atomic mass is 79.9. The molecule has 1 aromatic rings. The number of halogens is 4. The lowest BCUT2D eigenvalue weighted by molar-refractivity contribution is -0.137. The van der Waals surface area contributed by atoms with E-state index in [1.807, 2.05) is 13.8 Å². The topological polar surface area (TPSA) is 21.3 Å². The molecule has 2 nitrogen and oxygen atoms in total. The van der Waals surface area contributed by atoms with Gasteiger partial charge in [-0.05, 0) is 44.9 Å². The molecule has 1 aliphatic heterocycles. The van der Waals surface area contributed by atoms with Gasteiger partial charge in [-0.15, -0.1) is 0 Å². The normalized spacial score (nSPS) is 22.6. The third-order valence-corrected chi connectivity index (χ3v) is 3.84. The molecule has 1 saturated heterocycles. The summed E-state index contributed by atoms with van der Waals surface area (Å²) >= 11 is 3.08. The second kappa shape index (κ2) is 5.56. The molecule has 1 aromatic carbocycles. The zero-order chi connectivity index (χ0) is 15.0. The van der Waals surface area contributed by atoms with Gasteiger partial charge in [0.25, 0.3) is 0 Å². The Morgan fingerprint density at radius 2 is 2.05 bits per heavy atom. The summed E-state index contributed by atoms with van der Waals surface area (Å²) in [6.07, 6.45) is -2.98. The van der Waals surface area contributed by atoms with Gasteiger partial charge in [-0.25, -0.2) is 0 Å². The molecular formula is C14H17BrF3NO. The lowest BCUT2D eigenvalue weighted by Gasteiger charge is -2.36. The molecule has 1 atom stereocenters. The monoisotopic (exact) mass is 351 g/mol. The van der Waals surface area contributed by atoms with Crippen LogP contribution in [-0.4, -0.2) is 18.2 Å². The van der Waals surface area contributed by atoms with Crippen molar-refractivity contribution in [2.75, 3.05) is 11.9 Å². The van der Waals surface area contributed by atoms with Crippen LogP contribution in [0.4, 0.5) is 18.9 Å². The summed E-state index contributed by atoms with van der Waals surface area (Å²) in [5.41, 5.74) is -0.816. The summed E-state index contributed by atoms with van der Waals surface area (Å²) in [4.78, 5) is 0. The molecule has 2 rings (SSSR count). The fourth-order valence-corrected chi connectivity index (χ4v) is 2.81. The molecule has 1 heterocycles. The maximum absolute atomic E-state index is 13.0. The third-order valence-electron chi connectivity index (χ3n) is 3.34. The van der Waals surface area contributed by atoms with E-state index >= 15 is 0 Å². The quantitative estimate of drug-likeness (QED) is 0.823. The van der Waals surface area contributed by atoms with Gasteiger partial charge in [0, 0.05) is 22.8 Å². The Morgan fingerprint density at radius 3 is 2.65 bits per heavy atom. The molecule has 0 saturated carbocycles. The van der Waals surface area contributed by atoms with E-state index in [0.29, 0.717) is 23.9 Å². The van der Waals surface area contributed by atoms with Gasteiger partial charge in [0.15, 0.2) is 0 Å². The number of nitrogens with one attached hydrogen (secondary N) is 1. The van der Waals surface area contributed by atoms with Gasteiger partial charge >= 0.3 is 6.18 Å². The van der Waals surface area contributed by atoms with Crippen molar-refractivity contribution in [3.8, 4) is 0 Å². The Morgan fingerprint density at radius 1 is 1.35 bits per heavy atom. The van der Waals surface area contributed by atoms with E-state index in [-0.39, 0.29) is 17.3 Å². The van der Waals surface area contributed by atoms with Crippen LogP contribution in [0.5, 0.6) is 0 Å². The molecule has 0 radical (unpaired) electrons. The first-order valence-electron chi connectivity index (χ1n) is 6.45. The van der Waals surface area contributed by atoms with E-state index in [4.69, 9.17) is 4.74 Å². The number of alkyl halides is 3. The second-order valence-electron chi connectivity index (χ2n) is 5.63. The fraction of sp³-hybridized carbons (Fsp3) is 0.571. The molecule has 0 amide bonds. The minimum atomic E-state index is -4.37. The van der Waals surface area contributed by atoms with E-state index in [1.165, 1.54) is 6.07 Å². The summed E-state index contributed by atoms with van der Waals surface area (Å²) in [5, 5.41) is 3.02. The van der Waals surface area contributed by atoms with Crippen molar-refractivity contribution < 1.29 is 17.9 Å². The van der Waals surface area contributed by atoms with Crippen LogP contribution in [0.15, 0.2) is 22.7 Å². The molecule has 6 heteroatoms. The SMILES string of the molecule is CC1(C)CC(Nc2ccc(Br)cc2C(F)(F)F)CCO1. The molecule has 1 aliphatic rings. The lowest BCUT2D eigenvalue weighted by Crippen LogP contribution is -2.40. The molecule has 0 bridgehead atoms. The minimum Gasteiger partial charge on any atom is -0.382 e. The number of anilines is 1. The Hall–Kier alpha value is -0.750. The van der Waals surface area contributed by atoms with E-state index in [1.54, 1.807) is 6.07 Å². The second-order valence-corrected chi connectivity index (χ2v) is 6.55. The Labute approximate surface area is 124 Å². The smallest absolute Gasteiger partial charge is 0.382 e. The van der Waals surface area contributed by atoms with Crippen molar-refractivity contribution in [1.29, 1.82) is 0 Å². The van der Waals surface area contributed by atoms with Crippen molar-refractivity contribution in [3.63, 3.8) is 0 Å². The molecule has 0 aromatic heterocycles. The van der Waals surface area contributed by atoms with Crippen LogP contribution in [0.3, 0.4) is 0 Å². The zero-order valence-electron chi connectivity index (χ0n) is 11.4. The van der Waals surface area contributed by atoms with Crippen LogP contribution >= 0.6 is 15.9 Å². The summed E-state index contributed by atoms with van der Waals surface area (Å²) < 4.78 is 45.1. The van der Waals surface area contributed by atoms with Gasteiger partial charge in [-0.1, -0.05) is 15.9 Å². The summed E-state index contributed by atoms with van der Waals surface area (Å²) in [5.74, 6) is 0. The Kier molecular flexibility index (Phi) is 4.35.